The van der Waals surface area contributed by atoms with Crippen LogP contribution in [0.1, 0.15) is 135 Å². The van der Waals surface area contributed by atoms with E-state index in [4.69, 9.17) is 0 Å². The molecule has 0 saturated heterocycles. The Morgan fingerprint density at radius 1 is 0.259 bits per heavy atom. The van der Waals surface area contributed by atoms with Gasteiger partial charge in [0.15, 0.2) is 0 Å². The topological polar surface area (TPSA) is 6.48 Å². The van der Waals surface area contributed by atoms with Crippen molar-refractivity contribution in [2.24, 2.45) is 0 Å². The Morgan fingerprint density at radius 2 is 0.444 bits per heavy atom. The smallest absolute Gasteiger partial charge is 0.0249 e. The Morgan fingerprint density at radius 3 is 0.667 bits per heavy atom. The monoisotopic (exact) mass is 374 g/mol. The van der Waals surface area contributed by atoms with Crippen molar-refractivity contribution in [1.82, 2.24) is 10.0 Å². The largest absolute Gasteiger partial charge is 0.235 e. The highest BCUT2D eigenvalue weighted by Crippen LogP contribution is 2.38. The van der Waals surface area contributed by atoms with Crippen molar-refractivity contribution < 1.29 is 0 Å². The molecule has 2 nitrogen and oxygen atoms in total. The van der Waals surface area contributed by atoms with Crippen LogP contribution in [0.3, 0.4) is 0 Å². The summed E-state index contributed by atoms with van der Waals surface area (Å²) in [6.07, 6.45) is 31.1. The van der Waals surface area contributed by atoms with Gasteiger partial charge in [-0.25, -0.2) is 10.0 Å². The normalized spacial score (nSPS) is 28.7. The number of hydrogen-bond acceptors (Lipinski definition) is 2. The summed E-state index contributed by atoms with van der Waals surface area (Å²) in [5.41, 5.74) is 0. The molecule has 0 radical (unpaired) electrons. The van der Waals surface area contributed by atoms with Crippen LogP contribution in [0, 0.1) is 0 Å². The number of hydrogen-bond donors (Lipinski definition) is 0. The second-order valence-corrected chi connectivity index (χ2v) is 10.3. The Bertz CT molecular complexity index is 379. The molecule has 4 aliphatic carbocycles. The number of nitrogens with zero attached hydrogens (tertiary/aromatic N) is 2. The maximum absolute atomic E-state index is 3.12. The van der Waals surface area contributed by atoms with Gasteiger partial charge in [-0.15, -0.1) is 0 Å². The van der Waals surface area contributed by atoms with E-state index < -0.39 is 0 Å². The molecule has 0 heterocycles. The highest BCUT2D eigenvalue weighted by molar-refractivity contribution is 4.89. The van der Waals surface area contributed by atoms with Crippen molar-refractivity contribution in [1.29, 1.82) is 0 Å². The second kappa shape index (κ2) is 10.6. The van der Waals surface area contributed by atoms with Gasteiger partial charge in [0, 0.05) is 24.2 Å². The van der Waals surface area contributed by atoms with E-state index in [-0.39, 0.29) is 0 Å². The molecule has 0 spiro atoms. The molecule has 0 amide bonds. The van der Waals surface area contributed by atoms with E-state index >= 15 is 0 Å². The van der Waals surface area contributed by atoms with Crippen LogP contribution in [-0.2, 0) is 0 Å². The molecule has 4 saturated carbocycles. The van der Waals surface area contributed by atoms with Gasteiger partial charge in [-0.3, -0.25) is 0 Å². The third kappa shape index (κ3) is 5.30. The van der Waals surface area contributed by atoms with Crippen molar-refractivity contribution in [3.8, 4) is 0 Å². The van der Waals surface area contributed by atoms with Crippen LogP contribution in [0.5, 0.6) is 0 Å². The average Bonchev–Trinajstić information content (AvgIpc) is 3.03. The lowest BCUT2D eigenvalue weighted by Gasteiger charge is -2.54. The predicted octanol–water partition coefficient (Wildman–Crippen LogP) is 7.23. The quantitative estimate of drug-likeness (QED) is 0.370. The zero-order valence-electron chi connectivity index (χ0n) is 18.1. The molecule has 156 valence electrons. The van der Waals surface area contributed by atoms with Crippen LogP contribution in [-0.4, -0.2) is 34.2 Å². The van der Waals surface area contributed by atoms with Gasteiger partial charge in [-0.1, -0.05) is 83.5 Å². The molecule has 0 bridgehead atoms. The lowest BCUT2D eigenvalue weighted by atomic mass is 9.88. The van der Waals surface area contributed by atoms with Gasteiger partial charge in [-0.05, 0) is 51.4 Å². The first-order valence-corrected chi connectivity index (χ1v) is 13.0. The summed E-state index contributed by atoms with van der Waals surface area (Å²) < 4.78 is 0. The van der Waals surface area contributed by atoms with Gasteiger partial charge >= 0.3 is 0 Å². The third-order valence-corrected chi connectivity index (χ3v) is 8.31. The van der Waals surface area contributed by atoms with Crippen molar-refractivity contribution in [2.75, 3.05) is 0 Å². The van der Waals surface area contributed by atoms with Gasteiger partial charge < -0.3 is 0 Å². The summed E-state index contributed by atoms with van der Waals surface area (Å²) in [5.74, 6) is 0. The van der Waals surface area contributed by atoms with Gasteiger partial charge in [0.05, 0.1) is 0 Å². The molecule has 0 aliphatic heterocycles. The van der Waals surface area contributed by atoms with E-state index in [1.165, 1.54) is 135 Å². The van der Waals surface area contributed by atoms with E-state index in [1.807, 2.05) is 0 Å². The first-order chi connectivity index (χ1) is 13.4. The minimum Gasteiger partial charge on any atom is -0.235 e. The van der Waals surface area contributed by atoms with Crippen LogP contribution in [0.15, 0.2) is 0 Å². The van der Waals surface area contributed by atoms with Gasteiger partial charge in [0.25, 0.3) is 0 Å². The summed E-state index contributed by atoms with van der Waals surface area (Å²) in [6, 6.07) is 3.46. The van der Waals surface area contributed by atoms with Gasteiger partial charge in [0.2, 0.25) is 0 Å². The number of rotatable bonds is 5. The Balaban J connectivity index is 1.60. The van der Waals surface area contributed by atoms with Crippen LogP contribution >= 0.6 is 0 Å². The van der Waals surface area contributed by atoms with Crippen LogP contribution in [0.25, 0.3) is 0 Å². The maximum Gasteiger partial charge on any atom is 0.0249 e. The molecular weight excluding hydrogens is 328 g/mol. The van der Waals surface area contributed by atoms with E-state index in [0.717, 1.165) is 24.2 Å². The van der Waals surface area contributed by atoms with E-state index in [0.29, 0.717) is 0 Å². The zero-order chi connectivity index (χ0) is 18.3. The first kappa shape index (κ1) is 20.2. The Kier molecular flexibility index (Phi) is 7.95. The predicted molar refractivity (Wildman–Crippen MR) is 116 cm³/mol. The van der Waals surface area contributed by atoms with Crippen molar-refractivity contribution in [3.05, 3.63) is 0 Å². The van der Waals surface area contributed by atoms with Crippen molar-refractivity contribution >= 4 is 0 Å². The molecule has 0 aromatic rings. The summed E-state index contributed by atoms with van der Waals surface area (Å²) >= 11 is 0. The lowest BCUT2D eigenvalue weighted by Crippen LogP contribution is -2.62. The molecule has 0 aromatic carbocycles. The SMILES string of the molecule is C1CCCC(N(C2CCCCC2)N(C2CCCCC2)C2CCCCC2)CC1. The van der Waals surface area contributed by atoms with Crippen LogP contribution in [0.4, 0.5) is 0 Å². The highest BCUT2D eigenvalue weighted by atomic mass is 15.7. The van der Waals surface area contributed by atoms with Gasteiger partial charge in [-0.2, -0.15) is 0 Å². The van der Waals surface area contributed by atoms with Crippen LogP contribution in [0.2, 0.25) is 0 Å². The second-order valence-electron chi connectivity index (χ2n) is 10.3. The first-order valence-electron chi connectivity index (χ1n) is 13.0. The van der Waals surface area contributed by atoms with E-state index in [2.05, 4.69) is 10.0 Å². The summed E-state index contributed by atoms with van der Waals surface area (Å²) in [6.45, 7) is 0. The zero-order valence-corrected chi connectivity index (χ0v) is 18.1. The van der Waals surface area contributed by atoms with Gasteiger partial charge in [0.1, 0.15) is 0 Å². The molecule has 4 rings (SSSR count). The number of hydrazine groups is 1. The molecule has 0 atom stereocenters. The molecule has 0 unspecified atom stereocenters. The van der Waals surface area contributed by atoms with Crippen LogP contribution < -0.4 is 0 Å². The Hall–Kier alpha value is -0.0800. The molecule has 2 heteroatoms. The fraction of sp³-hybridized carbons (Fsp3) is 1.00. The molecule has 27 heavy (non-hydrogen) atoms. The average molecular weight is 375 g/mol. The lowest BCUT2D eigenvalue weighted by molar-refractivity contribution is -0.168. The summed E-state index contributed by atoms with van der Waals surface area (Å²) in [4.78, 5) is 0. The highest BCUT2D eigenvalue weighted by Gasteiger charge is 2.39. The molecule has 4 fully saturated rings. The van der Waals surface area contributed by atoms with E-state index in [1.54, 1.807) is 0 Å². The standard InChI is InChI=1S/C25H46N2/c1-2-7-15-22(14-6-1)26(23-16-8-3-9-17-23)27(24-18-10-4-11-19-24)25-20-12-5-13-21-25/h22-25H,1-21H2. The van der Waals surface area contributed by atoms with E-state index in [9.17, 15) is 0 Å². The molecule has 4 aliphatic rings. The minimum absolute atomic E-state index is 0.861. The maximum atomic E-state index is 3.12. The summed E-state index contributed by atoms with van der Waals surface area (Å²) in [7, 11) is 0. The van der Waals surface area contributed by atoms with Crippen molar-refractivity contribution in [2.45, 2.75) is 159 Å². The fourth-order valence-corrected chi connectivity index (χ4v) is 6.91. The Labute approximate surface area is 169 Å². The fourth-order valence-electron chi connectivity index (χ4n) is 6.91. The molecule has 0 N–H and O–H groups in total. The molecular formula is C25H46N2. The summed E-state index contributed by atoms with van der Waals surface area (Å²) in [5, 5.41) is 6.24. The minimum atomic E-state index is 0.861. The third-order valence-electron chi connectivity index (χ3n) is 8.31. The molecule has 0 aromatic heterocycles. The van der Waals surface area contributed by atoms with Crippen molar-refractivity contribution in [3.63, 3.8) is 0 Å².